The van der Waals surface area contributed by atoms with E-state index in [0.717, 1.165) is 0 Å². The van der Waals surface area contributed by atoms with Gasteiger partial charge in [-0.3, -0.25) is 0 Å². The van der Waals surface area contributed by atoms with Crippen LogP contribution in [0.2, 0.25) is 0 Å². The minimum Gasteiger partial charge on any atom is -0.307 e. The molecule has 2 rings (SSSR count). The molecule has 2 atom stereocenters. The van der Waals surface area contributed by atoms with E-state index < -0.39 is 0 Å². The molecule has 1 heterocycles. The van der Waals surface area contributed by atoms with E-state index in [1.807, 2.05) is 23.1 Å². The summed E-state index contributed by atoms with van der Waals surface area (Å²) in [5.74, 6) is 2.51. The first-order valence-corrected chi connectivity index (χ1v) is 9.63. The Morgan fingerprint density at radius 1 is 1.32 bits per heavy atom. The number of thiophene rings is 1. The first-order valence-electron chi connectivity index (χ1n) is 7.66. The highest BCUT2D eigenvalue weighted by Crippen LogP contribution is 2.32. The van der Waals surface area contributed by atoms with Crippen LogP contribution in [-0.2, 0) is 12.8 Å². The molecule has 0 spiro atoms. The molecule has 0 saturated heterocycles. The standard InChI is InChI=1S/C16H27NS2/c1-4-18-10-9-12(2)17-13(3)16-11-14-7-5-6-8-15(14)19-16/h11-13,17H,4-10H2,1-3H3. The third-order valence-corrected chi connectivity index (χ3v) is 6.23. The fourth-order valence-corrected chi connectivity index (χ4v) is 4.80. The molecule has 1 aliphatic carbocycles. The Morgan fingerprint density at radius 2 is 2.11 bits per heavy atom. The van der Waals surface area contributed by atoms with E-state index in [0.29, 0.717) is 12.1 Å². The number of fused-ring (bicyclic) bond motifs is 1. The molecule has 2 unspecified atom stereocenters. The molecule has 1 nitrogen and oxygen atoms in total. The van der Waals surface area contributed by atoms with Crippen LogP contribution >= 0.6 is 23.1 Å². The fraction of sp³-hybridized carbons (Fsp3) is 0.750. The second kappa shape index (κ2) is 7.70. The summed E-state index contributed by atoms with van der Waals surface area (Å²) in [6.45, 7) is 6.88. The molecule has 0 amide bonds. The third-order valence-electron chi connectivity index (χ3n) is 3.88. The summed E-state index contributed by atoms with van der Waals surface area (Å²) in [6, 6.07) is 3.59. The van der Waals surface area contributed by atoms with Crippen LogP contribution in [0, 0.1) is 0 Å². The quantitative estimate of drug-likeness (QED) is 0.725. The maximum atomic E-state index is 3.76. The van der Waals surface area contributed by atoms with Crippen molar-refractivity contribution in [3.63, 3.8) is 0 Å². The van der Waals surface area contributed by atoms with Crippen molar-refractivity contribution in [1.82, 2.24) is 5.32 Å². The lowest BCUT2D eigenvalue weighted by Gasteiger charge is -2.18. The molecule has 1 aromatic rings. The second-order valence-corrected chi connectivity index (χ2v) is 8.14. The number of nitrogens with one attached hydrogen (secondary N) is 1. The van der Waals surface area contributed by atoms with E-state index in [1.54, 1.807) is 15.3 Å². The summed E-state index contributed by atoms with van der Waals surface area (Å²) in [4.78, 5) is 3.20. The summed E-state index contributed by atoms with van der Waals surface area (Å²) >= 11 is 4.09. The molecule has 1 N–H and O–H groups in total. The highest BCUT2D eigenvalue weighted by atomic mass is 32.2. The normalized spacial score (nSPS) is 18.1. The molecular formula is C16H27NS2. The number of thioether (sulfide) groups is 1. The average Bonchev–Trinajstić information content (AvgIpc) is 2.83. The number of aryl methyl sites for hydroxylation is 2. The van der Waals surface area contributed by atoms with Gasteiger partial charge in [-0.25, -0.2) is 0 Å². The molecule has 19 heavy (non-hydrogen) atoms. The van der Waals surface area contributed by atoms with Crippen molar-refractivity contribution in [3.8, 4) is 0 Å². The Labute approximate surface area is 126 Å². The van der Waals surface area contributed by atoms with Gasteiger partial charge in [0.1, 0.15) is 0 Å². The lowest BCUT2D eigenvalue weighted by atomic mass is 9.99. The van der Waals surface area contributed by atoms with Gasteiger partial charge in [-0.15, -0.1) is 11.3 Å². The third kappa shape index (κ3) is 4.51. The molecule has 0 radical (unpaired) electrons. The second-order valence-electron chi connectivity index (χ2n) is 5.58. The maximum Gasteiger partial charge on any atom is 0.0388 e. The molecule has 3 heteroatoms. The highest BCUT2D eigenvalue weighted by Gasteiger charge is 2.17. The van der Waals surface area contributed by atoms with Crippen LogP contribution in [0.3, 0.4) is 0 Å². The average molecular weight is 298 g/mol. The molecule has 1 aliphatic rings. The van der Waals surface area contributed by atoms with Crippen molar-refractivity contribution in [3.05, 3.63) is 21.4 Å². The smallest absolute Gasteiger partial charge is 0.0388 e. The molecular weight excluding hydrogens is 270 g/mol. The van der Waals surface area contributed by atoms with Crippen LogP contribution in [-0.4, -0.2) is 17.5 Å². The van der Waals surface area contributed by atoms with E-state index in [-0.39, 0.29) is 0 Å². The zero-order chi connectivity index (χ0) is 13.7. The Balaban J connectivity index is 1.85. The van der Waals surface area contributed by atoms with Gasteiger partial charge in [-0.1, -0.05) is 6.92 Å². The van der Waals surface area contributed by atoms with E-state index >= 15 is 0 Å². The summed E-state index contributed by atoms with van der Waals surface area (Å²) in [5, 5.41) is 3.76. The summed E-state index contributed by atoms with van der Waals surface area (Å²) < 4.78 is 0. The Bertz CT molecular complexity index is 363. The SMILES string of the molecule is CCSCCC(C)NC(C)c1cc2c(s1)CCCC2. The topological polar surface area (TPSA) is 12.0 Å². The van der Waals surface area contributed by atoms with Gasteiger partial charge in [0.15, 0.2) is 0 Å². The highest BCUT2D eigenvalue weighted by molar-refractivity contribution is 7.99. The Hall–Kier alpha value is 0.01000. The van der Waals surface area contributed by atoms with Gasteiger partial charge in [0, 0.05) is 21.8 Å². The van der Waals surface area contributed by atoms with Crippen molar-refractivity contribution in [1.29, 1.82) is 0 Å². The van der Waals surface area contributed by atoms with Crippen molar-refractivity contribution in [2.75, 3.05) is 11.5 Å². The molecule has 0 bridgehead atoms. The maximum absolute atomic E-state index is 3.76. The number of hydrogen-bond donors (Lipinski definition) is 1. The Morgan fingerprint density at radius 3 is 2.84 bits per heavy atom. The van der Waals surface area contributed by atoms with Gasteiger partial charge in [-0.05, 0) is 69.1 Å². The van der Waals surface area contributed by atoms with Crippen molar-refractivity contribution in [2.45, 2.75) is 65.0 Å². The van der Waals surface area contributed by atoms with E-state index in [9.17, 15) is 0 Å². The molecule has 0 saturated carbocycles. The minimum absolute atomic E-state index is 0.511. The first kappa shape index (κ1) is 15.4. The molecule has 0 aliphatic heterocycles. The van der Waals surface area contributed by atoms with Crippen LogP contribution in [0.25, 0.3) is 0 Å². The lowest BCUT2D eigenvalue weighted by Crippen LogP contribution is -2.29. The first-order chi connectivity index (χ1) is 9.20. The van der Waals surface area contributed by atoms with Gasteiger partial charge in [0.05, 0.1) is 0 Å². The monoisotopic (exact) mass is 297 g/mol. The van der Waals surface area contributed by atoms with Gasteiger partial charge >= 0.3 is 0 Å². The molecule has 1 aromatic heterocycles. The van der Waals surface area contributed by atoms with Crippen LogP contribution in [0.1, 0.15) is 61.4 Å². The summed E-state index contributed by atoms with van der Waals surface area (Å²) in [7, 11) is 0. The minimum atomic E-state index is 0.511. The van der Waals surface area contributed by atoms with Gasteiger partial charge in [-0.2, -0.15) is 11.8 Å². The van der Waals surface area contributed by atoms with Crippen LogP contribution in [0.15, 0.2) is 6.07 Å². The van der Waals surface area contributed by atoms with Crippen LogP contribution in [0.4, 0.5) is 0 Å². The van der Waals surface area contributed by atoms with E-state index in [1.165, 1.54) is 43.6 Å². The predicted molar refractivity (Wildman–Crippen MR) is 89.6 cm³/mol. The molecule has 0 fully saturated rings. The summed E-state index contributed by atoms with van der Waals surface area (Å²) in [6.07, 6.45) is 6.67. The zero-order valence-corrected chi connectivity index (χ0v) is 14.1. The molecule has 0 aromatic carbocycles. The fourth-order valence-electron chi connectivity index (χ4n) is 2.72. The zero-order valence-electron chi connectivity index (χ0n) is 12.5. The van der Waals surface area contributed by atoms with Crippen molar-refractivity contribution >= 4 is 23.1 Å². The largest absolute Gasteiger partial charge is 0.307 e. The summed E-state index contributed by atoms with van der Waals surface area (Å²) in [5.41, 5.74) is 1.63. The van der Waals surface area contributed by atoms with Crippen LogP contribution in [0.5, 0.6) is 0 Å². The predicted octanol–water partition coefficient (Wildman–Crippen LogP) is 4.81. The Kier molecular flexibility index (Phi) is 6.24. The number of hydrogen-bond acceptors (Lipinski definition) is 3. The van der Waals surface area contributed by atoms with Gasteiger partial charge < -0.3 is 5.32 Å². The molecule has 108 valence electrons. The van der Waals surface area contributed by atoms with Gasteiger partial charge in [0.2, 0.25) is 0 Å². The van der Waals surface area contributed by atoms with Crippen LogP contribution < -0.4 is 5.32 Å². The lowest BCUT2D eigenvalue weighted by molar-refractivity contribution is 0.476. The van der Waals surface area contributed by atoms with E-state index in [4.69, 9.17) is 0 Å². The van der Waals surface area contributed by atoms with Crippen molar-refractivity contribution in [2.24, 2.45) is 0 Å². The van der Waals surface area contributed by atoms with Crippen molar-refractivity contribution < 1.29 is 0 Å². The van der Waals surface area contributed by atoms with E-state index in [2.05, 4.69) is 32.2 Å². The number of rotatable bonds is 7. The van der Waals surface area contributed by atoms with Gasteiger partial charge in [0.25, 0.3) is 0 Å².